The van der Waals surface area contributed by atoms with E-state index in [1.807, 2.05) is 0 Å². The van der Waals surface area contributed by atoms with Gasteiger partial charge in [0.05, 0.1) is 7.11 Å². The Balaban J connectivity index is 3.05. The molecule has 5 atom stereocenters. The number of carbonyl (C=O) groups excluding carboxylic acids is 3. The molecule has 1 saturated heterocycles. The minimum atomic E-state index is -1.15. The summed E-state index contributed by atoms with van der Waals surface area (Å²) < 4.78 is 25.5. The SMILES string of the molecule is COC(=O)C1OC(OC)[C@H](OC(C)=O)[C@@H](C)[C@@H]1OC(C)=O. The molecule has 1 aliphatic heterocycles. The molecule has 0 N–H and O–H groups in total. The molecule has 0 aromatic rings. The van der Waals surface area contributed by atoms with Crippen LogP contribution in [0.25, 0.3) is 0 Å². The van der Waals surface area contributed by atoms with Gasteiger partial charge in [0.25, 0.3) is 0 Å². The summed E-state index contributed by atoms with van der Waals surface area (Å²) in [4.78, 5) is 34.2. The Hall–Kier alpha value is -1.67. The van der Waals surface area contributed by atoms with Gasteiger partial charge in [0.2, 0.25) is 0 Å². The molecule has 0 amide bonds. The second kappa shape index (κ2) is 7.37. The van der Waals surface area contributed by atoms with E-state index in [2.05, 4.69) is 4.74 Å². The first-order valence-electron chi connectivity index (χ1n) is 6.42. The third kappa shape index (κ3) is 4.15. The molecular weight excluding hydrogens is 284 g/mol. The molecule has 0 aliphatic carbocycles. The van der Waals surface area contributed by atoms with Crippen LogP contribution in [-0.2, 0) is 38.1 Å². The van der Waals surface area contributed by atoms with Crippen molar-refractivity contribution < 1.29 is 38.1 Å². The summed E-state index contributed by atoms with van der Waals surface area (Å²) in [5.74, 6) is -2.32. The maximum absolute atomic E-state index is 11.8. The number of hydrogen-bond donors (Lipinski definition) is 0. The normalized spacial score (nSPS) is 32.1. The van der Waals surface area contributed by atoms with Crippen molar-refractivity contribution in [2.45, 2.75) is 45.4 Å². The van der Waals surface area contributed by atoms with Crippen molar-refractivity contribution in [3.8, 4) is 0 Å². The van der Waals surface area contributed by atoms with Crippen LogP contribution in [0.1, 0.15) is 20.8 Å². The highest BCUT2D eigenvalue weighted by molar-refractivity contribution is 5.76. The first-order valence-corrected chi connectivity index (χ1v) is 6.42. The van der Waals surface area contributed by atoms with Crippen LogP contribution >= 0.6 is 0 Å². The summed E-state index contributed by atoms with van der Waals surface area (Å²) >= 11 is 0. The molecule has 0 bridgehead atoms. The number of carbonyl (C=O) groups is 3. The van der Waals surface area contributed by atoms with Crippen LogP contribution in [-0.4, -0.2) is 56.7 Å². The predicted octanol–water partition coefficient (Wildman–Crippen LogP) is 0.0302. The molecule has 21 heavy (non-hydrogen) atoms. The minimum Gasteiger partial charge on any atom is -0.467 e. The maximum Gasteiger partial charge on any atom is 0.339 e. The molecule has 0 aromatic heterocycles. The summed E-state index contributed by atoms with van der Waals surface area (Å²) in [7, 11) is 2.55. The molecule has 1 heterocycles. The average Bonchev–Trinajstić information content (AvgIpc) is 2.41. The average molecular weight is 304 g/mol. The lowest BCUT2D eigenvalue weighted by Gasteiger charge is -2.42. The van der Waals surface area contributed by atoms with Gasteiger partial charge in [-0.25, -0.2) is 4.79 Å². The smallest absolute Gasteiger partial charge is 0.339 e. The Labute approximate surface area is 122 Å². The number of ether oxygens (including phenoxy) is 5. The van der Waals surface area contributed by atoms with Crippen molar-refractivity contribution in [3.63, 3.8) is 0 Å². The highest BCUT2D eigenvalue weighted by Gasteiger charge is 2.50. The Morgan fingerprint density at radius 1 is 0.952 bits per heavy atom. The van der Waals surface area contributed by atoms with Gasteiger partial charge in [0, 0.05) is 26.9 Å². The molecule has 0 radical (unpaired) electrons. The van der Waals surface area contributed by atoms with E-state index in [1.165, 1.54) is 28.1 Å². The molecule has 0 spiro atoms. The number of hydrogen-bond acceptors (Lipinski definition) is 8. The van der Waals surface area contributed by atoms with Gasteiger partial charge in [-0.2, -0.15) is 0 Å². The highest BCUT2D eigenvalue weighted by atomic mass is 16.7. The van der Waals surface area contributed by atoms with Gasteiger partial charge in [-0.15, -0.1) is 0 Å². The summed E-state index contributed by atoms with van der Waals surface area (Å²) in [5.41, 5.74) is 0. The van der Waals surface area contributed by atoms with Crippen LogP contribution in [0.3, 0.4) is 0 Å². The largest absolute Gasteiger partial charge is 0.467 e. The lowest BCUT2D eigenvalue weighted by Crippen LogP contribution is -2.58. The van der Waals surface area contributed by atoms with E-state index in [0.717, 1.165) is 0 Å². The fraction of sp³-hybridized carbons (Fsp3) is 0.769. The summed E-state index contributed by atoms with van der Waals surface area (Å²) in [6.07, 6.45) is -3.85. The van der Waals surface area contributed by atoms with E-state index in [-0.39, 0.29) is 0 Å². The molecule has 1 fully saturated rings. The first kappa shape index (κ1) is 17.4. The Morgan fingerprint density at radius 3 is 1.90 bits per heavy atom. The van der Waals surface area contributed by atoms with Gasteiger partial charge in [-0.3, -0.25) is 9.59 Å². The second-order valence-corrected chi connectivity index (χ2v) is 4.69. The second-order valence-electron chi connectivity index (χ2n) is 4.69. The molecule has 1 rings (SSSR count). The Morgan fingerprint density at radius 2 is 1.48 bits per heavy atom. The van der Waals surface area contributed by atoms with Crippen LogP contribution < -0.4 is 0 Å². The summed E-state index contributed by atoms with van der Waals surface area (Å²) in [6, 6.07) is 0. The zero-order chi connectivity index (χ0) is 16.2. The predicted molar refractivity (Wildman–Crippen MR) is 68.0 cm³/mol. The van der Waals surface area contributed by atoms with Crippen molar-refractivity contribution in [1.82, 2.24) is 0 Å². The zero-order valence-electron chi connectivity index (χ0n) is 12.7. The van der Waals surface area contributed by atoms with Gasteiger partial charge in [-0.05, 0) is 0 Å². The maximum atomic E-state index is 11.8. The molecule has 1 aliphatic rings. The molecule has 120 valence electrons. The van der Waals surface area contributed by atoms with E-state index in [4.69, 9.17) is 18.9 Å². The minimum absolute atomic E-state index is 0.513. The van der Waals surface area contributed by atoms with Crippen molar-refractivity contribution >= 4 is 17.9 Å². The Bertz CT molecular complexity index is 407. The number of methoxy groups -OCH3 is 2. The number of esters is 3. The van der Waals surface area contributed by atoms with Crippen LogP contribution in [0.4, 0.5) is 0 Å². The topological polar surface area (TPSA) is 97.4 Å². The molecule has 8 heteroatoms. The van der Waals surface area contributed by atoms with Crippen LogP contribution in [0.2, 0.25) is 0 Å². The third-order valence-corrected chi connectivity index (χ3v) is 3.15. The lowest BCUT2D eigenvalue weighted by molar-refractivity contribution is -0.280. The van der Waals surface area contributed by atoms with E-state index in [0.29, 0.717) is 0 Å². The Kier molecular flexibility index (Phi) is 6.10. The van der Waals surface area contributed by atoms with Crippen molar-refractivity contribution in [3.05, 3.63) is 0 Å². The number of rotatable bonds is 4. The van der Waals surface area contributed by atoms with E-state index in [9.17, 15) is 14.4 Å². The van der Waals surface area contributed by atoms with Gasteiger partial charge in [-0.1, -0.05) is 6.92 Å². The molecule has 2 unspecified atom stereocenters. The van der Waals surface area contributed by atoms with Crippen molar-refractivity contribution in [2.24, 2.45) is 5.92 Å². The molecule has 0 aromatic carbocycles. The zero-order valence-corrected chi connectivity index (χ0v) is 12.7. The fourth-order valence-corrected chi connectivity index (χ4v) is 2.22. The van der Waals surface area contributed by atoms with E-state index in [1.54, 1.807) is 6.92 Å². The van der Waals surface area contributed by atoms with E-state index >= 15 is 0 Å². The quantitative estimate of drug-likeness (QED) is 0.530. The van der Waals surface area contributed by atoms with Crippen LogP contribution in [0, 0.1) is 5.92 Å². The van der Waals surface area contributed by atoms with Crippen molar-refractivity contribution in [2.75, 3.05) is 14.2 Å². The van der Waals surface area contributed by atoms with Gasteiger partial charge < -0.3 is 23.7 Å². The molecule has 0 saturated carbocycles. The molecule has 8 nitrogen and oxygen atoms in total. The third-order valence-electron chi connectivity index (χ3n) is 3.15. The monoisotopic (exact) mass is 304 g/mol. The van der Waals surface area contributed by atoms with Gasteiger partial charge in [0.1, 0.15) is 6.10 Å². The van der Waals surface area contributed by atoms with Crippen LogP contribution in [0.15, 0.2) is 0 Å². The first-order chi connectivity index (χ1) is 9.81. The lowest BCUT2D eigenvalue weighted by atomic mass is 9.90. The van der Waals surface area contributed by atoms with Gasteiger partial charge in [0.15, 0.2) is 18.5 Å². The molecular formula is C13H20O8. The van der Waals surface area contributed by atoms with Crippen LogP contribution in [0.5, 0.6) is 0 Å². The summed E-state index contributed by atoms with van der Waals surface area (Å²) in [5, 5.41) is 0. The fourth-order valence-electron chi connectivity index (χ4n) is 2.22. The highest BCUT2D eigenvalue weighted by Crippen LogP contribution is 2.31. The van der Waals surface area contributed by atoms with E-state index < -0.39 is 48.4 Å². The van der Waals surface area contributed by atoms with Gasteiger partial charge >= 0.3 is 17.9 Å². The summed E-state index contributed by atoms with van der Waals surface area (Å²) in [6.45, 7) is 4.13. The standard InChI is InChI=1S/C13H20O8/c1-6-9(19-7(2)14)11(12(16)17-4)21-13(18-5)10(6)20-8(3)15/h6,9-11,13H,1-5H3/t6-,9-,10+,11?,13?/m0/s1. The van der Waals surface area contributed by atoms with Crippen molar-refractivity contribution in [1.29, 1.82) is 0 Å².